The Hall–Kier alpha value is -1.24. The lowest BCUT2D eigenvalue weighted by Gasteiger charge is -2.58. The van der Waals surface area contributed by atoms with Crippen molar-refractivity contribution in [2.75, 3.05) is 0 Å². The van der Waals surface area contributed by atoms with Gasteiger partial charge < -0.3 is 5.11 Å². The minimum Gasteiger partial charge on any atom is -0.390 e. The summed E-state index contributed by atoms with van der Waals surface area (Å²) in [5, 5.41) is 10.7. The van der Waals surface area contributed by atoms with E-state index < -0.39 is 21.2 Å². The van der Waals surface area contributed by atoms with Crippen LogP contribution in [-0.2, 0) is 14.8 Å². The van der Waals surface area contributed by atoms with Gasteiger partial charge in [-0.3, -0.25) is 4.79 Å². The normalized spacial score (nSPS) is 35.4. The van der Waals surface area contributed by atoms with Crippen molar-refractivity contribution in [1.82, 2.24) is 4.72 Å². The van der Waals surface area contributed by atoms with Crippen molar-refractivity contribution in [2.45, 2.75) is 68.4 Å². The van der Waals surface area contributed by atoms with Crippen LogP contribution in [0, 0.1) is 23.7 Å². The molecule has 0 spiro atoms. The van der Waals surface area contributed by atoms with E-state index in [0.717, 1.165) is 32.1 Å². The minimum absolute atomic E-state index is 0.0635. The second-order valence-corrected chi connectivity index (χ2v) is 11.2. The highest BCUT2D eigenvalue weighted by Crippen LogP contribution is 2.59. The fourth-order valence-corrected chi connectivity index (χ4v) is 7.36. The maximum absolute atomic E-state index is 13.1. The first-order valence-corrected chi connectivity index (χ1v) is 11.4. The van der Waals surface area contributed by atoms with Crippen LogP contribution in [0.15, 0.2) is 35.2 Å². The van der Waals surface area contributed by atoms with Crippen LogP contribution in [0.1, 0.15) is 52.4 Å². The Labute approximate surface area is 161 Å². The van der Waals surface area contributed by atoms with Crippen molar-refractivity contribution in [2.24, 2.45) is 23.7 Å². The van der Waals surface area contributed by atoms with Gasteiger partial charge in [-0.15, -0.1) is 0 Å². The minimum atomic E-state index is -3.74. The summed E-state index contributed by atoms with van der Waals surface area (Å²) in [4.78, 5) is 13.2. The Balaban J connectivity index is 1.46. The van der Waals surface area contributed by atoms with E-state index in [0.29, 0.717) is 24.2 Å². The van der Waals surface area contributed by atoms with E-state index in [1.807, 2.05) is 0 Å². The van der Waals surface area contributed by atoms with Crippen LogP contribution >= 0.6 is 0 Å². The topological polar surface area (TPSA) is 83.5 Å². The third-order valence-electron chi connectivity index (χ3n) is 7.00. The van der Waals surface area contributed by atoms with Crippen LogP contribution in [0.2, 0.25) is 0 Å². The first-order valence-electron chi connectivity index (χ1n) is 9.93. The van der Waals surface area contributed by atoms with Gasteiger partial charge in [0.05, 0.1) is 16.0 Å². The van der Waals surface area contributed by atoms with Gasteiger partial charge in [0.25, 0.3) is 0 Å². The predicted octanol–water partition coefficient (Wildman–Crippen LogP) is 2.89. The molecule has 4 aliphatic carbocycles. The Kier molecular flexibility index (Phi) is 4.52. The number of aliphatic hydroxyl groups is 1. The molecule has 0 aromatic heterocycles. The van der Waals surface area contributed by atoms with Gasteiger partial charge in [0.1, 0.15) is 0 Å². The Morgan fingerprint density at radius 1 is 1.15 bits per heavy atom. The van der Waals surface area contributed by atoms with Gasteiger partial charge in [0, 0.05) is 6.42 Å². The van der Waals surface area contributed by atoms with Crippen molar-refractivity contribution < 1.29 is 18.3 Å². The fraction of sp³-hybridized carbons (Fsp3) is 0.667. The molecule has 1 aromatic carbocycles. The van der Waals surface area contributed by atoms with Crippen molar-refractivity contribution in [1.29, 1.82) is 0 Å². The lowest BCUT2D eigenvalue weighted by molar-refractivity contribution is -0.158. The number of carbonyl (C=O) groups is 1. The molecular weight excluding hydrogens is 362 g/mol. The molecule has 2 unspecified atom stereocenters. The van der Waals surface area contributed by atoms with E-state index in [1.54, 1.807) is 32.0 Å². The smallest absolute Gasteiger partial charge is 0.241 e. The van der Waals surface area contributed by atoms with Crippen molar-refractivity contribution in [3.63, 3.8) is 0 Å². The summed E-state index contributed by atoms with van der Waals surface area (Å²) in [5.41, 5.74) is -1.67. The van der Waals surface area contributed by atoms with Gasteiger partial charge in [-0.1, -0.05) is 18.2 Å². The third-order valence-corrected chi connectivity index (χ3v) is 8.67. The van der Waals surface area contributed by atoms with Crippen LogP contribution in [0.5, 0.6) is 0 Å². The highest BCUT2D eigenvalue weighted by Gasteiger charge is 2.55. The summed E-state index contributed by atoms with van der Waals surface area (Å²) < 4.78 is 27.9. The van der Waals surface area contributed by atoms with E-state index in [2.05, 4.69) is 4.72 Å². The molecule has 0 aliphatic heterocycles. The standard InChI is InChI=1S/C21H29NO4S/c1-20(2,22-27(25,26)17-6-4-3-5-7-17)19(23)10-18-15-8-14-9-16(18)13-21(24,11-14)12-15/h3-7,14-16,18,22,24H,8-13H2,1-2H3. The molecule has 4 aliphatic rings. The Morgan fingerprint density at radius 2 is 1.74 bits per heavy atom. The molecule has 0 radical (unpaired) electrons. The third kappa shape index (κ3) is 3.59. The van der Waals surface area contributed by atoms with Crippen molar-refractivity contribution in [3.05, 3.63) is 30.3 Å². The number of hydrogen-bond donors (Lipinski definition) is 2. The SMILES string of the molecule is CC(C)(NS(=O)(=O)c1ccccc1)C(=O)CC1C2CC3CC1CC(O)(C3)C2. The second-order valence-electron chi connectivity index (χ2n) is 9.53. The predicted molar refractivity (Wildman–Crippen MR) is 102 cm³/mol. The molecule has 0 heterocycles. The Bertz CT molecular complexity index is 817. The molecule has 2 atom stereocenters. The van der Waals surface area contributed by atoms with Crippen LogP contribution in [-0.4, -0.2) is 30.4 Å². The number of ketones is 1. The van der Waals surface area contributed by atoms with Crippen LogP contribution in [0.3, 0.4) is 0 Å². The zero-order chi connectivity index (χ0) is 19.4. The van der Waals surface area contributed by atoms with E-state index in [9.17, 15) is 18.3 Å². The van der Waals surface area contributed by atoms with E-state index in [1.165, 1.54) is 12.1 Å². The lowest BCUT2D eigenvalue weighted by atomic mass is 9.49. The van der Waals surface area contributed by atoms with Crippen molar-refractivity contribution in [3.8, 4) is 0 Å². The molecule has 0 saturated heterocycles. The number of Topliss-reactive ketones (excluding diaryl/α,β-unsaturated/α-hetero) is 1. The maximum Gasteiger partial charge on any atom is 0.241 e. The van der Waals surface area contributed by atoms with E-state index in [4.69, 9.17) is 0 Å². The maximum atomic E-state index is 13.1. The molecule has 5 nitrogen and oxygen atoms in total. The van der Waals surface area contributed by atoms with Crippen LogP contribution in [0.4, 0.5) is 0 Å². The van der Waals surface area contributed by atoms with E-state index in [-0.39, 0.29) is 16.6 Å². The lowest BCUT2D eigenvalue weighted by Crippen LogP contribution is -2.56. The highest BCUT2D eigenvalue weighted by atomic mass is 32.2. The average molecular weight is 392 g/mol. The zero-order valence-corrected chi connectivity index (χ0v) is 16.8. The van der Waals surface area contributed by atoms with Gasteiger partial charge >= 0.3 is 0 Å². The Morgan fingerprint density at radius 3 is 2.30 bits per heavy atom. The molecule has 1 aromatic rings. The zero-order valence-electron chi connectivity index (χ0n) is 16.0. The summed E-state index contributed by atoms with van der Waals surface area (Å²) in [6, 6.07) is 8.16. The molecule has 148 valence electrons. The average Bonchev–Trinajstić information content (AvgIpc) is 2.56. The summed E-state index contributed by atoms with van der Waals surface area (Å²) in [7, 11) is -3.74. The number of rotatable bonds is 6. The molecular formula is C21H29NO4S. The number of hydrogen-bond acceptors (Lipinski definition) is 4. The molecule has 2 N–H and O–H groups in total. The summed E-state index contributed by atoms with van der Waals surface area (Å²) >= 11 is 0. The van der Waals surface area contributed by atoms with Gasteiger partial charge in [-0.2, -0.15) is 4.72 Å². The molecule has 4 fully saturated rings. The summed E-state index contributed by atoms with van der Waals surface area (Å²) in [5.74, 6) is 1.60. The quantitative estimate of drug-likeness (QED) is 0.781. The van der Waals surface area contributed by atoms with Gasteiger partial charge in [0.2, 0.25) is 10.0 Å². The number of sulfonamides is 1. The van der Waals surface area contributed by atoms with Crippen LogP contribution in [0.25, 0.3) is 0 Å². The molecule has 4 saturated carbocycles. The van der Waals surface area contributed by atoms with E-state index >= 15 is 0 Å². The fourth-order valence-electron chi connectivity index (χ4n) is 5.94. The van der Waals surface area contributed by atoms with Gasteiger partial charge in [-0.25, -0.2) is 8.42 Å². The van der Waals surface area contributed by atoms with Crippen molar-refractivity contribution >= 4 is 15.8 Å². The summed E-state index contributed by atoms with van der Waals surface area (Å²) in [6.45, 7) is 3.30. The largest absolute Gasteiger partial charge is 0.390 e. The number of carbonyl (C=O) groups excluding carboxylic acids is 1. The van der Waals surface area contributed by atoms with Gasteiger partial charge in [0.15, 0.2) is 5.78 Å². The first kappa shape index (κ1) is 19.1. The molecule has 4 bridgehead atoms. The van der Waals surface area contributed by atoms with Crippen LogP contribution < -0.4 is 4.72 Å². The summed E-state index contributed by atoms with van der Waals surface area (Å²) in [6.07, 6.45) is 5.12. The first-order chi connectivity index (χ1) is 12.6. The monoisotopic (exact) mass is 391 g/mol. The second kappa shape index (κ2) is 6.39. The molecule has 6 heteroatoms. The molecule has 0 amide bonds. The molecule has 27 heavy (non-hydrogen) atoms. The molecule has 5 rings (SSSR count). The number of benzene rings is 1. The number of nitrogens with one attached hydrogen (secondary N) is 1. The highest BCUT2D eigenvalue weighted by molar-refractivity contribution is 7.89. The van der Waals surface area contributed by atoms with Gasteiger partial charge in [-0.05, 0) is 81.8 Å².